The van der Waals surface area contributed by atoms with Crippen LogP contribution in [-0.4, -0.2) is 32.1 Å². The summed E-state index contributed by atoms with van der Waals surface area (Å²) in [6, 6.07) is 19.4. The van der Waals surface area contributed by atoms with Crippen LogP contribution >= 0.6 is 0 Å². The summed E-state index contributed by atoms with van der Waals surface area (Å²) in [4.78, 5) is 15.4. The molecule has 1 aliphatic rings. The minimum absolute atomic E-state index is 0.0447. The molecule has 160 valence electrons. The molecule has 4 rings (SSSR count). The van der Waals surface area contributed by atoms with E-state index in [1.165, 1.54) is 5.56 Å². The number of rotatable bonds is 6. The van der Waals surface area contributed by atoms with Crippen LogP contribution in [0.25, 0.3) is 0 Å². The molecule has 0 aromatic heterocycles. The van der Waals surface area contributed by atoms with Crippen LogP contribution in [0.2, 0.25) is 0 Å². The molecular weight excluding hydrogens is 392 g/mol. The van der Waals surface area contributed by atoms with Crippen LogP contribution in [0.3, 0.4) is 0 Å². The Morgan fingerprint density at radius 2 is 1.52 bits per heavy atom. The zero-order valence-electron chi connectivity index (χ0n) is 18.1. The van der Waals surface area contributed by atoms with Gasteiger partial charge in [-0.15, -0.1) is 0 Å². The summed E-state index contributed by atoms with van der Waals surface area (Å²) in [5.74, 6) is 1.70. The molecule has 3 aromatic carbocycles. The normalized spacial score (nSPS) is 15.2. The standard InChI is InChI=1S/C25H26N2O4/c1-16-9-11-17(12-10-16)15-27-24(26-20-8-6-5-7-18(20)25(27)28)19-13-22(30-3)23(31-4)14-21(19)29-2/h5-14,24,26H,15H2,1-4H3/t24-/m0/s1. The first-order valence-electron chi connectivity index (χ1n) is 10.1. The maximum absolute atomic E-state index is 13.5. The van der Waals surface area contributed by atoms with Gasteiger partial charge in [0.1, 0.15) is 11.9 Å². The Labute approximate surface area is 182 Å². The van der Waals surface area contributed by atoms with Crippen LogP contribution in [0.1, 0.15) is 33.2 Å². The van der Waals surface area contributed by atoms with E-state index in [4.69, 9.17) is 14.2 Å². The summed E-state index contributed by atoms with van der Waals surface area (Å²) in [7, 11) is 4.78. The lowest BCUT2D eigenvalue weighted by atomic mass is 10.0. The number of carbonyl (C=O) groups is 1. The minimum atomic E-state index is -0.446. The fourth-order valence-electron chi connectivity index (χ4n) is 3.86. The van der Waals surface area contributed by atoms with E-state index in [0.717, 1.165) is 16.8 Å². The number of amides is 1. The second-order valence-corrected chi connectivity index (χ2v) is 7.46. The number of hydrogen-bond acceptors (Lipinski definition) is 5. The molecule has 6 heteroatoms. The van der Waals surface area contributed by atoms with Gasteiger partial charge in [0.25, 0.3) is 5.91 Å². The van der Waals surface area contributed by atoms with Gasteiger partial charge in [-0.25, -0.2) is 0 Å². The molecule has 0 saturated heterocycles. The van der Waals surface area contributed by atoms with E-state index in [1.54, 1.807) is 27.4 Å². The molecule has 1 atom stereocenters. The zero-order valence-corrected chi connectivity index (χ0v) is 18.1. The highest BCUT2D eigenvalue weighted by atomic mass is 16.5. The Balaban J connectivity index is 1.83. The van der Waals surface area contributed by atoms with Crippen molar-refractivity contribution in [3.8, 4) is 17.2 Å². The van der Waals surface area contributed by atoms with Gasteiger partial charge in [-0.1, -0.05) is 42.0 Å². The van der Waals surface area contributed by atoms with E-state index in [1.807, 2.05) is 54.3 Å². The number of nitrogens with zero attached hydrogens (tertiary/aromatic N) is 1. The first-order valence-corrected chi connectivity index (χ1v) is 10.1. The second kappa shape index (κ2) is 8.60. The third-order valence-electron chi connectivity index (χ3n) is 5.53. The van der Waals surface area contributed by atoms with E-state index < -0.39 is 6.17 Å². The summed E-state index contributed by atoms with van der Waals surface area (Å²) in [5.41, 5.74) is 4.44. The van der Waals surface area contributed by atoms with Gasteiger partial charge in [-0.3, -0.25) is 4.79 Å². The number of methoxy groups -OCH3 is 3. The van der Waals surface area contributed by atoms with Crippen LogP contribution < -0.4 is 19.5 Å². The Hall–Kier alpha value is -3.67. The number of nitrogens with one attached hydrogen (secondary N) is 1. The maximum Gasteiger partial charge on any atom is 0.258 e. The number of para-hydroxylation sites is 1. The van der Waals surface area contributed by atoms with Crippen molar-refractivity contribution in [1.82, 2.24) is 4.90 Å². The van der Waals surface area contributed by atoms with E-state index in [0.29, 0.717) is 29.4 Å². The van der Waals surface area contributed by atoms with Gasteiger partial charge in [0.05, 0.1) is 26.9 Å². The highest BCUT2D eigenvalue weighted by Crippen LogP contribution is 2.42. The molecule has 0 bridgehead atoms. The SMILES string of the molecule is COc1cc(OC)c([C@H]2Nc3ccccc3C(=O)N2Cc2ccc(C)cc2)cc1OC. The summed E-state index contributed by atoms with van der Waals surface area (Å²) in [5, 5.41) is 3.52. The van der Waals surface area contributed by atoms with Crippen molar-refractivity contribution < 1.29 is 19.0 Å². The van der Waals surface area contributed by atoms with Crippen molar-refractivity contribution in [2.45, 2.75) is 19.6 Å². The third kappa shape index (κ3) is 3.89. The molecule has 1 amide bonds. The third-order valence-corrected chi connectivity index (χ3v) is 5.53. The second-order valence-electron chi connectivity index (χ2n) is 7.46. The van der Waals surface area contributed by atoms with Crippen molar-refractivity contribution in [2.75, 3.05) is 26.6 Å². The number of hydrogen-bond donors (Lipinski definition) is 1. The smallest absolute Gasteiger partial charge is 0.258 e. The lowest BCUT2D eigenvalue weighted by molar-refractivity contribution is 0.0664. The summed E-state index contributed by atoms with van der Waals surface area (Å²) in [6.45, 7) is 2.49. The van der Waals surface area contributed by atoms with Gasteiger partial charge < -0.3 is 24.4 Å². The van der Waals surface area contributed by atoms with Gasteiger partial charge in [0.2, 0.25) is 0 Å². The van der Waals surface area contributed by atoms with Crippen molar-refractivity contribution in [3.63, 3.8) is 0 Å². The molecule has 0 spiro atoms. The molecule has 0 unspecified atom stereocenters. The molecule has 0 radical (unpaired) electrons. The Morgan fingerprint density at radius 3 is 2.19 bits per heavy atom. The predicted octanol–water partition coefficient (Wildman–Crippen LogP) is 4.79. The largest absolute Gasteiger partial charge is 0.496 e. The quantitative estimate of drug-likeness (QED) is 0.624. The fourth-order valence-corrected chi connectivity index (χ4v) is 3.86. The molecule has 6 nitrogen and oxygen atoms in total. The highest BCUT2D eigenvalue weighted by Gasteiger charge is 2.35. The van der Waals surface area contributed by atoms with Crippen LogP contribution in [0, 0.1) is 6.92 Å². The Morgan fingerprint density at radius 1 is 0.871 bits per heavy atom. The number of anilines is 1. The van der Waals surface area contributed by atoms with Gasteiger partial charge in [-0.05, 0) is 30.7 Å². The fraction of sp³-hybridized carbons (Fsp3) is 0.240. The highest BCUT2D eigenvalue weighted by molar-refractivity contribution is 6.01. The van der Waals surface area contributed by atoms with E-state index in [-0.39, 0.29) is 5.91 Å². The number of aryl methyl sites for hydroxylation is 1. The van der Waals surface area contributed by atoms with Gasteiger partial charge in [-0.2, -0.15) is 0 Å². The summed E-state index contributed by atoms with van der Waals surface area (Å²) in [6.07, 6.45) is -0.446. The van der Waals surface area contributed by atoms with Crippen LogP contribution in [0.4, 0.5) is 5.69 Å². The molecule has 31 heavy (non-hydrogen) atoms. The average Bonchev–Trinajstić information content (AvgIpc) is 2.81. The molecule has 1 N–H and O–H groups in total. The van der Waals surface area contributed by atoms with Crippen molar-refractivity contribution in [2.24, 2.45) is 0 Å². The molecule has 1 heterocycles. The average molecular weight is 418 g/mol. The summed E-state index contributed by atoms with van der Waals surface area (Å²) >= 11 is 0. The Kier molecular flexibility index (Phi) is 5.71. The summed E-state index contributed by atoms with van der Waals surface area (Å²) < 4.78 is 16.6. The first kappa shape index (κ1) is 20.6. The molecular formula is C25H26N2O4. The number of benzene rings is 3. The van der Waals surface area contributed by atoms with Crippen LogP contribution in [-0.2, 0) is 6.54 Å². The number of fused-ring (bicyclic) bond motifs is 1. The zero-order chi connectivity index (χ0) is 22.0. The van der Waals surface area contributed by atoms with Crippen molar-refractivity contribution in [3.05, 3.63) is 82.9 Å². The van der Waals surface area contributed by atoms with E-state index in [2.05, 4.69) is 17.4 Å². The topological polar surface area (TPSA) is 60.0 Å². The van der Waals surface area contributed by atoms with Gasteiger partial charge >= 0.3 is 0 Å². The maximum atomic E-state index is 13.5. The molecule has 0 fully saturated rings. The molecule has 1 aliphatic heterocycles. The van der Waals surface area contributed by atoms with Crippen molar-refractivity contribution in [1.29, 1.82) is 0 Å². The number of ether oxygens (including phenoxy) is 3. The predicted molar refractivity (Wildman–Crippen MR) is 120 cm³/mol. The van der Waals surface area contributed by atoms with Crippen LogP contribution in [0.5, 0.6) is 17.2 Å². The Bertz CT molecular complexity index is 1100. The van der Waals surface area contributed by atoms with Crippen molar-refractivity contribution >= 4 is 11.6 Å². The number of carbonyl (C=O) groups excluding carboxylic acids is 1. The van der Waals surface area contributed by atoms with Gasteiger partial charge in [0.15, 0.2) is 11.5 Å². The van der Waals surface area contributed by atoms with Gasteiger partial charge in [0, 0.05) is 23.9 Å². The van der Waals surface area contributed by atoms with E-state index >= 15 is 0 Å². The first-order chi connectivity index (χ1) is 15.0. The molecule has 0 saturated carbocycles. The minimum Gasteiger partial charge on any atom is -0.496 e. The molecule has 3 aromatic rings. The lowest BCUT2D eigenvalue weighted by Crippen LogP contribution is -2.42. The monoisotopic (exact) mass is 418 g/mol. The van der Waals surface area contributed by atoms with Crippen LogP contribution in [0.15, 0.2) is 60.7 Å². The molecule has 0 aliphatic carbocycles. The lowest BCUT2D eigenvalue weighted by Gasteiger charge is -2.39. The van der Waals surface area contributed by atoms with E-state index in [9.17, 15) is 4.79 Å².